The van der Waals surface area contributed by atoms with Gasteiger partial charge in [0.25, 0.3) is 10.1 Å². The fourth-order valence-corrected chi connectivity index (χ4v) is 2.21. The van der Waals surface area contributed by atoms with Crippen LogP contribution < -0.4 is 15.4 Å². The van der Waals surface area contributed by atoms with Gasteiger partial charge in [-0.05, 0) is 24.6 Å². The monoisotopic (exact) mass is 419 g/mol. The number of hydrogen-bond acceptors (Lipinski definition) is 11. The van der Waals surface area contributed by atoms with Crippen LogP contribution in [0.15, 0.2) is 29.2 Å². The molecule has 0 fully saturated rings. The Morgan fingerprint density at radius 2 is 1.78 bits per heavy atom. The molecular formula is C13H17N5O7S2. The van der Waals surface area contributed by atoms with Gasteiger partial charge in [0, 0.05) is 12.2 Å². The number of anilines is 3. The summed E-state index contributed by atoms with van der Waals surface area (Å²) in [5.41, 5.74) is 0.398. The molecule has 1 aromatic carbocycles. The number of methoxy groups -OCH3 is 1. The smallest absolute Gasteiger partial charge is 0.425 e. The Balaban J connectivity index is 0.000000828. The minimum atomic E-state index is -4.28. The minimum absolute atomic E-state index is 0.118. The second-order valence-electron chi connectivity index (χ2n) is 4.73. The highest BCUT2D eigenvalue weighted by molar-refractivity contribution is 7.85. The number of nitrogens with one attached hydrogen (secondary N) is 2. The molecule has 0 spiro atoms. The van der Waals surface area contributed by atoms with Crippen molar-refractivity contribution < 1.29 is 30.3 Å². The Hall–Kier alpha value is -2.84. The number of rotatable bonds is 7. The highest BCUT2D eigenvalue weighted by Gasteiger charge is 2.11. The molecule has 0 saturated heterocycles. The topological polar surface area (TPSA) is 178 Å². The number of benzene rings is 1. The molecule has 0 saturated carbocycles. The predicted molar refractivity (Wildman–Crippen MR) is 94.4 cm³/mol. The molecule has 1 aromatic heterocycles. The van der Waals surface area contributed by atoms with Crippen molar-refractivity contribution in [3.63, 3.8) is 0 Å². The molecule has 3 N–H and O–H groups in total. The molecule has 0 aliphatic carbocycles. The van der Waals surface area contributed by atoms with E-state index in [-0.39, 0.29) is 16.9 Å². The summed E-state index contributed by atoms with van der Waals surface area (Å²) in [5, 5.41) is 5.86. The van der Waals surface area contributed by atoms with E-state index >= 15 is 0 Å². The zero-order valence-electron chi connectivity index (χ0n) is 14.3. The molecule has 0 aliphatic heterocycles. The average Bonchev–Trinajstić information content (AvgIpc) is 2.58. The van der Waals surface area contributed by atoms with Gasteiger partial charge in [-0.15, -0.1) is 12.6 Å². The lowest BCUT2D eigenvalue weighted by Crippen LogP contribution is -2.09. The Kier molecular flexibility index (Phi) is 8.50. The predicted octanol–water partition coefficient (Wildman–Crippen LogP) is 0.688. The Morgan fingerprint density at radius 1 is 1.15 bits per heavy atom. The quantitative estimate of drug-likeness (QED) is 0.535. The van der Waals surface area contributed by atoms with Crippen LogP contribution in [0.5, 0.6) is 6.01 Å². The van der Waals surface area contributed by atoms with E-state index in [4.69, 9.17) is 21.9 Å². The second-order valence-corrected chi connectivity index (χ2v) is 6.56. The first kappa shape index (κ1) is 22.2. The molecule has 27 heavy (non-hydrogen) atoms. The average molecular weight is 419 g/mol. The van der Waals surface area contributed by atoms with Gasteiger partial charge in [-0.1, -0.05) is 13.0 Å². The summed E-state index contributed by atoms with van der Waals surface area (Å²) in [7, 11) is -5.96. The first-order valence-electron chi connectivity index (χ1n) is 7.31. The van der Waals surface area contributed by atoms with Gasteiger partial charge in [-0.3, -0.25) is 4.55 Å². The van der Waals surface area contributed by atoms with Crippen molar-refractivity contribution in [2.45, 2.75) is 18.2 Å². The molecule has 0 unspecified atom stereocenters. The Morgan fingerprint density at radius 3 is 2.33 bits per heavy atom. The van der Waals surface area contributed by atoms with Gasteiger partial charge < -0.3 is 15.4 Å². The van der Waals surface area contributed by atoms with Gasteiger partial charge in [0.05, 0.1) is 12.0 Å². The third-order valence-corrected chi connectivity index (χ3v) is 3.57. The number of nitrogens with zero attached hydrogens (tertiary/aromatic N) is 3. The lowest BCUT2D eigenvalue weighted by Gasteiger charge is -2.09. The summed E-state index contributed by atoms with van der Waals surface area (Å²) in [6, 6.07) is 5.77. The van der Waals surface area contributed by atoms with Crippen LogP contribution >= 0.6 is 0 Å². The number of ether oxygens (including phenoxy) is 1. The maximum atomic E-state index is 11.2. The maximum Gasteiger partial charge on any atom is 0.425 e. The summed E-state index contributed by atoms with van der Waals surface area (Å²) in [5.74, 6) is 0.523. The molecular weight excluding hydrogens is 402 g/mol. The lowest BCUT2D eigenvalue weighted by atomic mass is 10.3. The van der Waals surface area contributed by atoms with Gasteiger partial charge in [-0.25, -0.2) is 0 Å². The van der Waals surface area contributed by atoms with Gasteiger partial charge in [0.15, 0.2) is 0 Å². The van der Waals surface area contributed by atoms with Crippen LogP contribution in [0.1, 0.15) is 13.3 Å². The molecule has 0 aliphatic rings. The van der Waals surface area contributed by atoms with E-state index in [0.717, 1.165) is 6.42 Å². The van der Waals surface area contributed by atoms with Crippen molar-refractivity contribution in [2.75, 3.05) is 24.3 Å². The van der Waals surface area contributed by atoms with Gasteiger partial charge in [0.2, 0.25) is 11.9 Å². The van der Waals surface area contributed by atoms with Gasteiger partial charge in [0.1, 0.15) is 0 Å². The SMILES string of the molecule is CCCNc1nc(Nc2cccc(S(=O)(=O)O)c2)nc(OC)n1.O=S(=O)=O. The van der Waals surface area contributed by atoms with Crippen LogP contribution in [0.3, 0.4) is 0 Å². The van der Waals surface area contributed by atoms with Crippen molar-refractivity contribution in [3.05, 3.63) is 24.3 Å². The van der Waals surface area contributed by atoms with E-state index in [1.165, 1.54) is 25.3 Å². The van der Waals surface area contributed by atoms with E-state index in [1.54, 1.807) is 6.07 Å². The summed E-state index contributed by atoms with van der Waals surface area (Å²) in [4.78, 5) is 12.0. The van der Waals surface area contributed by atoms with Crippen molar-refractivity contribution in [3.8, 4) is 6.01 Å². The molecule has 14 heteroatoms. The first-order valence-corrected chi connectivity index (χ1v) is 9.75. The molecule has 0 radical (unpaired) electrons. The summed E-state index contributed by atoms with van der Waals surface area (Å²) in [6.07, 6.45) is 0.896. The second kappa shape index (κ2) is 10.3. The van der Waals surface area contributed by atoms with E-state index in [0.29, 0.717) is 18.2 Å². The van der Waals surface area contributed by atoms with E-state index in [2.05, 4.69) is 25.6 Å². The molecule has 148 valence electrons. The summed E-state index contributed by atoms with van der Waals surface area (Å²) < 4.78 is 61.8. The van der Waals surface area contributed by atoms with Crippen LogP contribution in [-0.4, -0.2) is 54.2 Å². The van der Waals surface area contributed by atoms with Crippen LogP contribution in [-0.2, 0) is 20.7 Å². The molecule has 1 heterocycles. The highest BCUT2D eigenvalue weighted by atomic mass is 32.2. The fraction of sp³-hybridized carbons (Fsp3) is 0.308. The fourth-order valence-electron chi connectivity index (χ4n) is 1.68. The minimum Gasteiger partial charge on any atom is -0.467 e. The standard InChI is InChI=1S/C13H17N5O4S.O3S/c1-3-7-14-11-16-12(18-13(17-11)22-2)15-9-5-4-6-10(8-9)23(19,20)21;1-4(2)3/h4-6,8H,3,7H2,1-2H3,(H,19,20,21)(H2,14,15,16,17,18);. The molecule has 0 atom stereocenters. The molecule has 2 rings (SSSR count). The molecule has 0 amide bonds. The number of aromatic nitrogens is 3. The van der Waals surface area contributed by atoms with Crippen molar-refractivity contribution in [1.82, 2.24) is 15.0 Å². The van der Waals surface area contributed by atoms with Crippen molar-refractivity contribution in [2.24, 2.45) is 0 Å². The summed E-state index contributed by atoms with van der Waals surface area (Å²) >= 11 is 0. The maximum absolute atomic E-state index is 11.2. The summed E-state index contributed by atoms with van der Waals surface area (Å²) in [6.45, 7) is 2.69. The largest absolute Gasteiger partial charge is 0.467 e. The Bertz CT molecular complexity index is 974. The van der Waals surface area contributed by atoms with Crippen LogP contribution in [0, 0.1) is 0 Å². The molecule has 12 nitrogen and oxygen atoms in total. The van der Waals surface area contributed by atoms with Crippen LogP contribution in [0.25, 0.3) is 0 Å². The zero-order valence-corrected chi connectivity index (χ0v) is 15.9. The Labute approximate surface area is 156 Å². The lowest BCUT2D eigenvalue weighted by molar-refractivity contribution is 0.379. The van der Waals surface area contributed by atoms with Crippen molar-refractivity contribution >= 4 is 38.3 Å². The zero-order chi connectivity index (χ0) is 20.4. The first-order chi connectivity index (χ1) is 12.7. The third-order valence-electron chi connectivity index (χ3n) is 2.72. The third kappa shape index (κ3) is 8.39. The van der Waals surface area contributed by atoms with Crippen molar-refractivity contribution in [1.29, 1.82) is 0 Å². The van der Waals surface area contributed by atoms with Crippen LogP contribution in [0.4, 0.5) is 17.6 Å². The normalized spacial score (nSPS) is 10.3. The van der Waals surface area contributed by atoms with Crippen LogP contribution in [0.2, 0.25) is 0 Å². The van der Waals surface area contributed by atoms with E-state index < -0.39 is 20.7 Å². The molecule has 0 bridgehead atoms. The number of hydrogen-bond donors (Lipinski definition) is 3. The van der Waals surface area contributed by atoms with Gasteiger partial charge in [-0.2, -0.15) is 23.4 Å². The van der Waals surface area contributed by atoms with E-state index in [9.17, 15) is 8.42 Å². The highest BCUT2D eigenvalue weighted by Crippen LogP contribution is 2.19. The molecule has 2 aromatic rings. The van der Waals surface area contributed by atoms with Gasteiger partial charge >= 0.3 is 16.6 Å². The van der Waals surface area contributed by atoms with E-state index in [1.807, 2.05) is 6.92 Å².